The van der Waals surface area contributed by atoms with E-state index < -0.39 is 5.83 Å². The van der Waals surface area contributed by atoms with Crippen molar-refractivity contribution in [1.29, 1.82) is 0 Å². The lowest BCUT2D eigenvalue weighted by Gasteiger charge is -1.96. The minimum atomic E-state index is -0.409. The van der Waals surface area contributed by atoms with Crippen molar-refractivity contribution in [3.8, 4) is 0 Å². The van der Waals surface area contributed by atoms with Gasteiger partial charge < -0.3 is 0 Å². The molecule has 0 spiro atoms. The molecule has 11 heavy (non-hydrogen) atoms. The summed E-state index contributed by atoms with van der Waals surface area (Å²) in [5, 5.41) is 0. The van der Waals surface area contributed by atoms with Crippen LogP contribution in [0.15, 0.2) is 37.4 Å². The van der Waals surface area contributed by atoms with Gasteiger partial charge in [0, 0.05) is 5.56 Å². The van der Waals surface area contributed by atoms with Crippen LogP contribution in [0.2, 0.25) is 0 Å². The van der Waals surface area contributed by atoms with E-state index in [-0.39, 0.29) is 0 Å². The fraction of sp³-hybridized carbons (Fsp3) is 0. The highest BCUT2D eigenvalue weighted by atomic mass is 19.1. The molecule has 1 rings (SSSR count). The first-order valence-electron chi connectivity index (χ1n) is 3.31. The molecule has 0 fully saturated rings. The molecular formula is C10H9F. The lowest BCUT2D eigenvalue weighted by Crippen LogP contribution is -1.77. The molecule has 0 heterocycles. The summed E-state index contributed by atoms with van der Waals surface area (Å²) in [6.07, 6.45) is 1.67. The predicted molar refractivity (Wildman–Crippen MR) is 46.7 cm³/mol. The minimum absolute atomic E-state index is 0.409. The molecule has 0 unspecified atom stereocenters. The first kappa shape index (κ1) is 7.73. The van der Waals surface area contributed by atoms with Gasteiger partial charge in [0.2, 0.25) is 0 Å². The summed E-state index contributed by atoms with van der Waals surface area (Å²) in [5.41, 5.74) is 1.42. The second kappa shape index (κ2) is 3.15. The largest absolute Gasteiger partial charge is 0.207 e. The van der Waals surface area contributed by atoms with Crippen molar-refractivity contribution in [2.75, 3.05) is 0 Å². The third-order valence-corrected chi connectivity index (χ3v) is 1.44. The summed E-state index contributed by atoms with van der Waals surface area (Å²) >= 11 is 0. The number of benzene rings is 1. The van der Waals surface area contributed by atoms with E-state index in [0.29, 0.717) is 5.56 Å². The van der Waals surface area contributed by atoms with Gasteiger partial charge in [-0.05, 0) is 11.6 Å². The molecule has 0 saturated heterocycles. The van der Waals surface area contributed by atoms with Crippen LogP contribution in [-0.4, -0.2) is 0 Å². The van der Waals surface area contributed by atoms with Crippen molar-refractivity contribution in [2.45, 2.75) is 0 Å². The highest BCUT2D eigenvalue weighted by molar-refractivity contribution is 5.61. The average Bonchev–Trinajstić information content (AvgIpc) is 2.05. The zero-order valence-corrected chi connectivity index (χ0v) is 6.18. The average molecular weight is 148 g/mol. The Bertz CT molecular complexity index is 287. The number of rotatable bonds is 2. The third kappa shape index (κ3) is 1.77. The Morgan fingerprint density at radius 1 is 1.45 bits per heavy atom. The van der Waals surface area contributed by atoms with E-state index in [1.54, 1.807) is 24.3 Å². The quantitative estimate of drug-likeness (QED) is 0.603. The Labute approximate surface area is 65.7 Å². The van der Waals surface area contributed by atoms with Crippen LogP contribution in [0.3, 0.4) is 0 Å². The fourth-order valence-electron chi connectivity index (χ4n) is 0.834. The van der Waals surface area contributed by atoms with Crippen molar-refractivity contribution >= 4 is 11.9 Å². The van der Waals surface area contributed by atoms with Gasteiger partial charge >= 0.3 is 0 Å². The molecule has 0 saturated carbocycles. The van der Waals surface area contributed by atoms with Crippen molar-refractivity contribution in [1.82, 2.24) is 0 Å². The van der Waals surface area contributed by atoms with Gasteiger partial charge in [0.1, 0.15) is 5.83 Å². The van der Waals surface area contributed by atoms with Gasteiger partial charge in [-0.3, -0.25) is 0 Å². The van der Waals surface area contributed by atoms with E-state index >= 15 is 0 Å². The first-order valence-corrected chi connectivity index (χ1v) is 3.31. The standard InChI is InChI=1S/C10H9F/c1-3-9-5-4-6-10(7-9)8(2)11/h3-7H,1-2H2. The summed E-state index contributed by atoms with van der Waals surface area (Å²) in [6.45, 7) is 6.78. The van der Waals surface area contributed by atoms with Gasteiger partial charge in [-0.1, -0.05) is 37.4 Å². The molecule has 1 aromatic rings. The van der Waals surface area contributed by atoms with Gasteiger partial charge in [0.25, 0.3) is 0 Å². The Morgan fingerprint density at radius 2 is 2.18 bits per heavy atom. The van der Waals surface area contributed by atoms with Crippen LogP contribution in [0.4, 0.5) is 4.39 Å². The summed E-state index contributed by atoms with van der Waals surface area (Å²) in [6, 6.07) is 7.02. The number of halogens is 1. The SMILES string of the molecule is C=Cc1cccc(C(=C)F)c1. The van der Waals surface area contributed by atoms with Crippen molar-refractivity contribution in [2.24, 2.45) is 0 Å². The van der Waals surface area contributed by atoms with Gasteiger partial charge in [-0.15, -0.1) is 0 Å². The molecule has 0 amide bonds. The molecular weight excluding hydrogens is 139 g/mol. The lowest BCUT2D eigenvalue weighted by molar-refractivity contribution is 0.763. The first-order chi connectivity index (χ1) is 5.24. The Kier molecular flexibility index (Phi) is 2.21. The summed E-state index contributed by atoms with van der Waals surface area (Å²) < 4.78 is 12.5. The van der Waals surface area contributed by atoms with Crippen LogP contribution >= 0.6 is 0 Å². The van der Waals surface area contributed by atoms with Gasteiger partial charge in [0.15, 0.2) is 0 Å². The van der Waals surface area contributed by atoms with E-state index in [4.69, 9.17) is 0 Å². The molecule has 1 heteroatoms. The van der Waals surface area contributed by atoms with Crippen molar-refractivity contribution in [3.05, 3.63) is 48.6 Å². The van der Waals surface area contributed by atoms with Gasteiger partial charge in [0.05, 0.1) is 0 Å². The molecule has 0 aliphatic carbocycles. The van der Waals surface area contributed by atoms with Crippen LogP contribution in [0.1, 0.15) is 11.1 Å². The van der Waals surface area contributed by atoms with Crippen LogP contribution < -0.4 is 0 Å². The van der Waals surface area contributed by atoms with E-state index in [0.717, 1.165) is 5.56 Å². The molecule has 1 aromatic carbocycles. The summed E-state index contributed by atoms with van der Waals surface area (Å²) in [4.78, 5) is 0. The second-order valence-electron chi connectivity index (χ2n) is 2.23. The van der Waals surface area contributed by atoms with E-state index in [1.165, 1.54) is 0 Å². The smallest absolute Gasteiger partial charge is 0.123 e. The molecule has 0 N–H and O–H groups in total. The highest BCUT2D eigenvalue weighted by Crippen LogP contribution is 2.15. The monoisotopic (exact) mass is 148 g/mol. The minimum Gasteiger partial charge on any atom is -0.207 e. The maximum atomic E-state index is 12.5. The molecule has 0 aliphatic rings. The van der Waals surface area contributed by atoms with Crippen LogP contribution in [-0.2, 0) is 0 Å². The van der Waals surface area contributed by atoms with E-state index in [1.807, 2.05) is 6.07 Å². The summed E-state index contributed by atoms with van der Waals surface area (Å²) in [7, 11) is 0. The molecule has 0 nitrogen and oxygen atoms in total. The zero-order valence-electron chi connectivity index (χ0n) is 6.18. The topological polar surface area (TPSA) is 0 Å². The van der Waals surface area contributed by atoms with Crippen LogP contribution in [0.25, 0.3) is 11.9 Å². The molecule has 56 valence electrons. The van der Waals surface area contributed by atoms with Crippen molar-refractivity contribution < 1.29 is 4.39 Å². The highest BCUT2D eigenvalue weighted by Gasteiger charge is 1.95. The predicted octanol–water partition coefficient (Wildman–Crippen LogP) is 3.27. The Morgan fingerprint density at radius 3 is 2.73 bits per heavy atom. The molecule has 0 radical (unpaired) electrons. The van der Waals surface area contributed by atoms with Crippen LogP contribution in [0, 0.1) is 0 Å². The van der Waals surface area contributed by atoms with E-state index in [2.05, 4.69) is 13.2 Å². The maximum Gasteiger partial charge on any atom is 0.123 e. The summed E-state index contributed by atoms with van der Waals surface area (Å²) in [5.74, 6) is -0.409. The second-order valence-corrected chi connectivity index (χ2v) is 2.23. The van der Waals surface area contributed by atoms with Gasteiger partial charge in [-0.2, -0.15) is 0 Å². The maximum absolute atomic E-state index is 12.5. The molecule has 0 aromatic heterocycles. The number of hydrogen-bond acceptors (Lipinski definition) is 0. The Balaban J connectivity index is 3.10. The fourth-order valence-corrected chi connectivity index (χ4v) is 0.834. The van der Waals surface area contributed by atoms with Gasteiger partial charge in [-0.25, -0.2) is 4.39 Å². The normalized spacial score (nSPS) is 9.18. The Hall–Kier alpha value is -1.37. The van der Waals surface area contributed by atoms with E-state index in [9.17, 15) is 4.39 Å². The molecule has 0 aliphatic heterocycles. The third-order valence-electron chi connectivity index (χ3n) is 1.44. The zero-order chi connectivity index (χ0) is 8.27. The van der Waals surface area contributed by atoms with Crippen molar-refractivity contribution in [3.63, 3.8) is 0 Å². The number of hydrogen-bond donors (Lipinski definition) is 0. The van der Waals surface area contributed by atoms with Crippen LogP contribution in [0.5, 0.6) is 0 Å². The molecule has 0 atom stereocenters. The molecule has 0 bridgehead atoms. The lowest BCUT2D eigenvalue weighted by atomic mass is 10.1.